The summed E-state index contributed by atoms with van der Waals surface area (Å²) in [5.41, 5.74) is -0.604. The summed E-state index contributed by atoms with van der Waals surface area (Å²) < 4.78 is 39.2. The zero-order chi connectivity index (χ0) is 15.2. The Kier molecular flexibility index (Phi) is 3.33. The highest BCUT2D eigenvalue weighted by Crippen LogP contribution is 2.39. The summed E-state index contributed by atoms with van der Waals surface area (Å²) in [7, 11) is 0. The van der Waals surface area contributed by atoms with Crippen molar-refractivity contribution >= 4 is 5.69 Å². The van der Waals surface area contributed by atoms with Crippen LogP contribution in [0, 0.1) is 23.2 Å². The van der Waals surface area contributed by atoms with Gasteiger partial charge in [-0.25, -0.2) is 0 Å². The van der Waals surface area contributed by atoms with Gasteiger partial charge in [0.15, 0.2) is 0 Å². The molecule has 2 fully saturated rings. The first kappa shape index (κ1) is 14.2. The second-order valence-electron chi connectivity index (χ2n) is 5.81. The number of alkyl halides is 3. The molecule has 3 nitrogen and oxygen atoms in total. The third kappa shape index (κ3) is 2.36. The predicted molar refractivity (Wildman–Crippen MR) is 72.8 cm³/mol. The van der Waals surface area contributed by atoms with Crippen LogP contribution in [0.2, 0.25) is 0 Å². The van der Waals surface area contributed by atoms with Crippen LogP contribution in [0.15, 0.2) is 18.2 Å². The third-order valence-electron chi connectivity index (χ3n) is 4.70. The molecule has 6 heteroatoms. The van der Waals surface area contributed by atoms with Crippen molar-refractivity contribution in [2.75, 3.05) is 24.5 Å². The molecule has 0 spiro atoms. The van der Waals surface area contributed by atoms with E-state index in [0.29, 0.717) is 17.5 Å². The Morgan fingerprint density at radius 1 is 1.33 bits per heavy atom. The molecule has 1 N–H and O–H groups in total. The first-order valence-electron chi connectivity index (χ1n) is 7.00. The zero-order valence-electron chi connectivity index (χ0n) is 11.6. The largest absolute Gasteiger partial charge is 0.417 e. The topological polar surface area (TPSA) is 39.1 Å². The van der Waals surface area contributed by atoms with E-state index in [0.717, 1.165) is 25.7 Å². The van der Waals surface area contributed by atoms with Crippen molar-refractivity contribution < 1.29 is 13.2 Å². The van der Waals surface area contributed by atoms with Crippen molar-refractivity contribution in [2.45, 2.75) is 19.1 Å². The maximum absolute atomic E-state index is 13.1. The molecule has 3 unspecified atom stereocenters. The number of nitrogens with zero attached hydrogens (tertiary/aromatic N) is 2. The van der Waals surface area contributed by atoms with Crippen LogP contribution >= 0.6 is 0 Å². The molecule has 0 radical (unpaired) electrons. The lowest BCUT2D eigenvalue weighted by molar-refractivity contribution is -0.137. The molecule has 0 aromatic heterocycles. The summed E-state index contributed by atoms with van der Waals surface area (Å²) in [6, 6.07) is 5.84. The summed E-state index contributed by atoms with van der Waals surface area (Å²) in [5.74, 6) is 0.972. The highest BCUT2D eigenvalue weighted by atomic mass is 19.4. The Bertz CT molecular complexity index is 591. The van der Waals surface area contributed by atoms with Crippen LogP contribution in [0.25, 0.3) is 0 Å². The maximum atomic E-state index is 13.1. The number of benzene rings is 1. The fourth-order valence-corrected chi connectivity index (χ4v) is 3.55. The van der Waals surface area contributed by atoms with Crippen LogP contribution in [0.3, 0.4) is 0 Å². The Morgan fingerprint density at radius 2 is 2.10 bits per heavy atom. The molecule has 0 aliphatic carbocycles. The fourth-order valence-electron chi connectivity index (χ4n) is 3.55. The van der Waals surface area contributed by atoms with Crippen LogP contribution < -0.4 is 10.2 Å². The first-order valence-corrected chi connectivity index (χ1v) is 7.00. The predicted octanol–water partition coefficient (Wildman–Crippen LogP) is 2.62. The number of anilines is 1. The standard InChI is InChI=1S/C15H16F3N3/c1-9-13-7-20-6-11(13)8-21(9)12-3-2-10(5-19)14(4-12)15(16,17)18/h2-4,9,11,13,20H,6-8H2,1H3. The minimum atomic E-state index is -4.50. The lowest BCUT2D eigenvalue weighted by Gasteiger charge is -2.27. The van der Waals surface area contributed by atoms with E-state index < -0.39 is 11.7 Å². The van der Waals surface area contributed by atoms with Gasteiger partial charge in [0.05, 0.1) is 17.2 Å². The van der Waals surface area contributed by atoms with Crippen LogP contribution in [-0.2, 0) is 6.18 Å². The molecule has 0 amide bonds. The molecule has 21 heavy (non-hydrogen) atoms. The molecule has 1 aromatic rings. The molecule has 2 saturated heterocycles. The summed E-state index contributed by atoms with van der Waals surface area (Å²) in [6.07, 6.45) is -4.50. The highest BCUT2D eigenvalue weighted by Gasteiger charge is 2.42. The van der Waals surface area contributed by atoms with E-state index in [1.807, 2.05) is 4.90 Å². The Labute approximate surface area is 121 Å². The Morgan fingerprint density at radius 3 is 2.71 bits per heavy atom. The highest BCUT2D eigenvalue weighted by molar-refractivity contribution is 5.56. The normalized spacial score (nSPS) is 28.5. The lowest BCUT2D eigenvalue weighted by Crippen LogP contribution is -2.33. The molecule has 112 valence electrons. The maximum Gasteiger partial charge on any atom is 0.417 e. The van der Waals surface area contributed by atoms with Gasteiger partial charge in [0, 0.05) is 31.4 Å². The van der Waals surface area contributed by atoms with Gasteiger partial charge in [0.2, 0.25) is 0 Å². The SMILES string of the molecule is CC1C2CNCC2CN1c1ccc(C#N)c(C(F)(F)F)c1. The Balaban J connectivity index is 1.95. The fraction of sp³-hybridized carbons (Fsp3) is 0.533. The molecular weight excluding hydrogens is 279 g/mol. The van der Waals surface area contributed by atoms with Gasteiger partial charge in [-0.1, -0.05) is 0 Å². The van der Waals surface area contributed by atoms with Gasteiger partial charge in [-0.05, 0) is 37.0 Å². The van der Waals surface area contributed by atoms with Crippen molar-refractivity contribution in [2.24, 2.45) is 11.8 Å². The van der Waals surface area contributed by atoms with Crippen LogP contribution in [0.1, 0.15) is 18.1 Å². The van der Waals surface area contributed by atoms with E-state index in [9.17, 15) is 13.2 Å². The van der Waals surface area contributed by atoms with Gasteiger partial charge < -0.3 is 10.2 Å². The summed E-state index contributed by atoms with van der Waals surface area (Å²) in [6.45, 7) is 4.67. The van der Waals surface area contributed by atoms with Crippen molar-refractivity contribution in [3.8, 4) is 6.07 Å². The molecule has 2 heterocycles. The number of hydrogen-bond donors (Lipinski definition) is 1. The second kappa shape index (κ2) is 4.92. The van der Waals surface area contributed by atoms with Crippen molar-refractivity contribution in [3.05, 3.63) is 29.3 Å². The van der Waals surface area contributed by atoms with E-state index in [2.05, 4.69) is 12.2 Å². The van der Waals surface area contributed by atoms with Crippen molar-refractivity contribution in [1.29, 1.82) is 5.26 Å². The molecule has 0 bridgehead atoms. The van der Waals surface area contributed by atoms with E-state index in [-0.39, 0.29) is 11.6 Å². The molecular formula is C15H16F3N3. The molecule has 0 saturated carbocycles. The van der Waals surface area contributed by atoms with Crippen LogP contribution in [0.4, 0.5) is 18.9 Å². The van der Waals surface area contributed by atoms with Gasteiger partial charge in [-0.15, -0.1) is 0 Å². The molecule has 1 aromatic carbocycles. The van der Waals surface area contributed by atoms with E-state index in [4.69, 9.17) is 5.26 Å². The molecule has 2 aliphatic rings. The minimum Gasteiger partial charge on any atom is -0.368 e. The number of hydrogen-bond acceptors (Lipinski definition) is 3. The number of nitriles is 1. The average Bonchev–Trinajstić information content (AvgIpc) is 3.01. The zero-order valence-corrected chi connectivity index (χ0v) is 11.6. The molecule has 2 aliphatic heterocycles. The minimum absolute atomic E-state index is 0.207. The second-order valence-corrected chi connectivity index (χ2v) is 5.81. The van der Waals surface area contributed by atoms with Gasteiger partial charge in [0.1, 0.15) is 0 Å². The summed E-state index contributed by atoms with van der Waals surface area (Å²) in [4.78, 5) is 2.03. The van der Waals surface area contributed by atoms with Gasteiger partial charge in [0.25, 0.3) is 0 Å². The smallest absolute Gasteiger partial charge is 0.368 e. The van der Waals surface area contributed by atoms with Gasteiger partial charge >= 0.3 is 6.18 Å². The van der Waals surface area contributed by atoms with Crippen LogP contribution in [-0.4, -0.2) is 25.7 Å². The van der Waals surface area contributed by atoms with E-state index >= 15 is 0 Å². The van der Waals surface area contributed by atoms with E-state index in [1.54, 1.807) is 12.1 Å². The number of rotatable bonds is 1. The lowest BCUT2D eigenvalue weighted by atomic mass is 9.95. The summed E-state index contributed by atoms with van der Waals surface area (Å²) in [5, 5.41) is 12.2. The quantitative estimate of drug-likeness (QED) is 0.865. The molecule has 3 rings (SSSR count). The van der Waals surface area contributed by atoms with Crippen LogP contribution in [0.5, 0.6) is 0 Å². The number of nitrogens with one attached hydrogen (secondary N) is 1. The Hall–Kier alpha value is -1.74. The third-order valence-corrected chi connectivity index (χ3v) is 4.70. The first-order chi connectivity index (χ1) is 9.91. The summed E-state index contributed by atoms with van der Waals surface area (Å²) >= 11 is 0. The van der Waals surface area contributed by atoms with Gasteiger partial charge in [-0.3, -0.25) is 0 Å². The van der Waals surface area contributed by atoms with Crippen molar-refractivity contribution in [1.82, 2.24) is 5.32 Å². The van der Waals surface area contributed by atoms with Crippen molar-refractivity contribution in [3.63, 3.8) is 0 Å². The molecule has 3 atom stereocenters. The average molecular weight is 295 g/mol. The van der Waals surface area contributed by atoms with Gasteiger partial charge in [-0.2, -0.15) is 18.4 Å². The number of fused-ring (bicyclic) bond motifs is 1. The monoisotopic (exact) mass is 295 g/mol. The number of halogens is 3. The van der Waals surface area contributed by atoms with E-state index in [1.165, 1.54) is 6.07 Å².